The normalized spacial score (nSPS) is 12.5. The van der Waals surface area contributed by atoms with Crippen LogP contribution in [0.15, 0.2) is 48.9 Å². The molecule has 0 atom stereocenters. The van der Waals surface area contributed by atoms with E-state index in [0.717, 1.165) is 16.9 Å². The molecule has 0 amide bonds. The Balaban J connectivity index is 1.59. The maximum absolute atomic E-state index is 14.5. The molecule has 1 aliphatic rings. The van der Waals surface area contributed by atoms with Gasteiger partial charge in [0.2, 0.25) is 0 Å². The van der Waals surface area contributed by atoms with Gasteiger partial charge in [-0.15, -0.1) is 0 Å². The quantitative estimate of drug-likeness (QED) is 0.758. The lowest BCUT2D eigenvalue weighted by atomic mass is 10.2. The lowest BCUT2D eigenvalue weighted by molar-refractivity contribution is 0.397. The van der Waals surface area contributed by atoms with Gasteiger partial charge in [0.25, 0.3) is 5.88 Å². The molecule has 0 spiro atoms. The fourth-order valence-corrected chi connectivity index (χ4v) is 2.85. The van der Waals surface area contributed by atoms with Gasteiger partial charge >= 0.3 is 0 Å². The van der Waals surface area contributed by atoms with Crippen molar-refractivity contribution < 1.29 is 13.9 Å². The number of nitrogens with zero attached hydrogens (tertiary/aromatic N) is 3. The molecule has 0 unspecified atom stereocenters. The van der Waals surface area contributed by atoms with Gasteiger partial charge < -0.3 is 19.7 Å². The van der Waals surface area contributed by atoms with Gasteiger partial charge in [-0.05, 0) is 24.6 Å². The van der Waals surface area contributed by atoms with E-state index in [1.807, 2.05) is 24.0 Å². The Labute approximate surface area is 150 Å². The lowest BCUT2D eigenvalue weighted by Gasteiger charge is -2.18. The molecule has 0 bridgehead atoms. The van der Waals surface area contributed by atoms with Crippen LogP contribution in [-0.2, 0) is 0 Å². The number of nitrogens with one attached hydrogen (secondary N) is 1. The Morgan fingerprint density at radius 2 is 2.08 bits per heavy atom. The highest BCUT2D eigenvalue weighted by atomic mass is 19.1. The van der Waals surface area contributed by atoms with Gasteiger partial charge in [0, 0.05) is 18.3 Å². The number of methoxy groups -OCH3 is 1. The number of rotatable bonds is 4. The molecule has 3 aromatic rings. The number of hydrogen-bond donors (Lipinski definition) is 1. The van der Waals surface area contributed by atoms with E-state index in [2.05, 4.69) is 15.3 Å². The van der Waals surface area contributed by atoms with Crippen molar-refractivity contribution in [1.82, 2.24) is 9.97 Å². The lowest BCUT2D eigenvalue weighted by Crippen LogP contribution is -2.16. The minimum atomic E-state index is -0.537. The topological polar surface area (TPSA) is 59.5 Å². The van der Waals surface area contributed by atoms with Gasteiger partial charge in [-0.2, -0.15) is 0 Å². The van der Waals surface area contributed by atoms with Crippen molar-refractivity contribution in [2.75, 3.05) is 24.0 Å². The van der Waals surface area contributed by atoms with E-state index in [1.165, 1.54) is 6.07 Å². The highest BCUT2D eigenvalue weighted by molar-refractivity contribution is 5.80. The van der Waals surface area contributed by atoms with Crippen molar-refractivity contribution in [3.8, 4) is 17.4 Å². The maximum Gasteiger partial charge on any atom is 0.256 e. The Hall–Kier alpha value is -3.35. The molecule has 6 nitrogen and oxygen atoms in total. The van der Waals surface area contributed by atoms with Crippen LogP contribution in [0.25, 0.3) is 0 Å². The number of hydrogen-bond acceptors (Lipinski definition) is 6. The Bertz CT molecular complexity index is 964. The average Bonchev–Trinajstić information content (AvgIpc) is 3.09. The molecule has 132 valence electrons. The number of aromatic nitrogens is 2. The number of ether oxygens (including phenoxy) is 2. The molecule has 0 aliphatic carbocycles. The smallest absolute Gasteiger partial charge is 0.256 e. The van der Waals surface area contributed by atoms with Crippen molar-refractivity contribution in [1.29, 1.82) is 0 Å². The molecule has 0 fully saturated rings. The van der Waals surface area contributed by atoms with Gasteiger partial charge in [0.05, 0.1) is 43.2 Å². The second-order valence-electron chi connectivity index (χ2n) is 5.87. The summed E-state index contributed by atoms with van der Waals surface area (Å²) < 4.78 is 25.4. The second kappa shape index (κ2) is 6.51. The highest BCUT2D eigenvalue weighted by Gasteiger charge is 2.21. The van der Waals surface area contributed by atoms with Gasteiger partial charge in [0.15, 0.2) is 5.82 Å². The second-order valence-corrected chi connectivity index (χ2v) is 5.87. The molecule has 4 rings (SSSR count). The van der Waals surface area contributed by atoms with E-state index in [9.17, 15) is 4.39 Å². The van der Waals surface area contributed by atoms with E-state index >= 15 is 0 Å². The summed E-state index contributed by atoms with van der Waals surface area (Å²) in [5.41, 5.74) is 3.44. The summed E-state index contributed by atoms with van der Waals surface area (Å²) in [7, 11) is 1.58. The van der Waals surface area contributed by atoms with Crippen LogP contribution in [0.2, 0.25) is 0 Å². The summed E-state index contributed by atoms with van der Waals surface area (Å²) in [4.78, 5) is 10.1. The van der Waals surface area contributed by atoms with E-state index in [-0.39, 0.29) is 5.88 Å². The summed E-state index contributed by atoms with van der Waals surface area (Å²) >= 11 is 0. The zero-order valence-electron chi connectivity index (χ0n) is 14.4. The van der Waals surface area contributed by atoms with E-state index in [4.69, 9.17) is 9.47 Å². The van der Waals surface area contributed by atoms with Crippen LogP contribution < -0.4 is 19.7 Å². The first-order chi connectivity index (χ1) is 12.7. The minimum Gasteiger partial charge on any atom is -0.496 e. The minimum absolute atomic E-state index is 0.0817. The van der Waals surface area contributed by atoms with Gasteiger partial charge in [-0.25, -0.2) is 9.37 Å². The third-order valence-electron chi connectivity index (χ3n) is 4.22. The molecule has 1 aliphatic heterocycles. The average molecular weight is 352 g/mol. The van der Waals surface area contributed by atoms with Crippen LogP contribution in [0.1, 0.15) is 5.56 Å². The molecule has 3 heterocycles. The van der Waals surface area contributed by atoms with E-state index in [0.29, 0.717) is 23.9 Å². The number of anilines is 3. The Morgan fingerprint density at radius 3 is 2.88 bits per heavy atom. The summed E-state index contributed by atoms with van der Waals surface area (Å²) in [5.74, 6) is 0.519. The predicted octanol–water partition coefficient (Wildman–Crippen LogP) is 4.25. The van der Waals surface area contributed by atoms with Crippen LogP contribution in [-0.4, -0.2) is 23.7 Å². The summed E-state index contributed by atoms with van der Waals surface area (Å²) in [5, 5.41) is 3.21. The zero-order chi connectivity index (χ0) is 18.1. The first-order valence-corrected chi connectivity index (χ1v) is 8.09. The number of pyridine rings is 2. The van der Waals surface area contributed by atoms with Gasteiger partial charge in [-0.3, -0.25) is 4.98 Å². The summed E-state index contributed by atoms with van der Waals surface area (Å²) in [6.07, 6.45) is 5.02. The molecule has 0 saturated carbocycles. The molecule has 0 radical (unpaired) electrons. The molecular formula is C19H17FN4O2. The van der Waals surface area contributed by atoms with Crippen LogP contribution >= 0.6 is 0 Å². The SMILES string of the molecule is COc1cc(Oc2ncc(N3CNc4cnccc43)cc2F)ccc1C. The van der Waals surface area contributed by atoms with Crippen LogP contribution in [0.4, 0.5) is 21.5 Å². The molecule has 1 aromatic carbocycles. The van der Waals surface area contributed by atoms with Gasteiger partial charge in [-0.1, -0.05) is 6.07 Å². The number of aryl methyl sites for hydroxylation is 1. The first kappa shape index (κ1) is 16.1. The van der Waals surface area contributed by atoms with E-state index < -0.39 is 5.82 Å². The molecular weight excluding hydrogens is 335 g/mol. The standard InChI is InChI=1S/C19H17FN4O2/c1-12-3-4-14(8-18(12)25-2)26-19-15(20)7-13(9-22-19)24-11-23-16-10-21-6-5-17(16)24/h3-10,23H,11H2,1-2H3. The van der Waals surface area contributed by atoms with Crippen LogP contribution in [0.3, 0.4) is 0 Å². The Morgan fingerprint density at radius 1 is 1.19 bits per heavy atom. The monoisotopic (exact) mass is 352 g/mol. The molecule has 7 heteroatoms. The first-order valence-electron chi connectivity index (χ1n) is 8.09. The molecule has 26 heavy (non-hydrogen) atoms. The van der Waals surface area contributed by atoms with Crippen molar-refractivity contribution >= 4 is 17.1 Å². The fraction of sp³-hybridized carbons (Fsp3) is 0.158. The maximum atomic E-state index is 14.5. The molecule has 2 aromatic heterocycles. The summed E-state index contributed by atoms with van der Waals surface area (Å²) in [6, 6.07) is 8.58. The van der Waals surface area contributed by atoms with Crippen LogP contribution in [0, 0.1) is 12.7 Å². The van der Waals surface area contributed by atoms with Crippen molar-refractivity contribution in [3.05, 3.63) is 60.3 Å². The van der Waals surface area contributed by atoms with Crippen molar-refractivity contribution in [3.63, 3.8) is 0 Å². The molecule has 0 saturated heterocycles. The zero-order valence-corrected chi connectivity index (χ0v) is 14.4. The predicted molar refractivity (Wildman–Crippen MR) is 96.9 cm³/mol. The van der Waals surface area contributed by atoms with Crippen molar-refractivity contribution in [2.45, 2.75) is 6.92 Å². The highest BCUT2D eigenvalue weighted by Crippen LogP contribution is 2.37. The van der Waals surface area contributed by atoms with Crippen LogP contribution in [0.5, 0.6) is 17.4 Å². The molecule has 1 N–H and O–H groups in total. The third-order valence-corrected chi connectivity index (χ3v) is 4.22. The van der Waals surface area contributed by atoms with Crippen molar-refractivity contribution in [2.24, 2.45) is 0 Å². The van der Waals surface area contributed by atoms with Gasteiger partial charge in [0.1, 0.15) is 11.5 Å². The fourth-order valence-electron chi connectivity index (χ4n) is 2.85. The number of benzene rings is 1. The largest absolute Gasteiger partial charge is 0.496 e. The number of halogens is 1. The Kier molecular flexibility index (Phi) is 4.04. The van der Waals surface area contributed by atoms with E-state index in [1.54, 1.807) is 37.8 Å². The number of fused-ring (bicyclic) bond motifs is 1. The summed E-state index contributed by atoms with van der Waals surface area (Å²) in [6.45, 7) is 2.45. The third kappa shape index (κ3) is 2.88.